The molecule has 0 unspecified atom stereocenters. The van der Waals surface area contributed by atoms with Gasteiger partial charge in [-0.05, 0) is 31.3 Å². The SMILES string of the molecule is CN1CCN(S(=O)(=O)c2ccc(Nc3ccccc3)nc2)CC1. The van der Waals surface area contributed by atoms with E-state index >= 15 is 0 Å². The largest absolute Gasteiger partial charge is 0.340 e. The average Bonchev–Trinajstić information content (AvgIpc) is 2.57. The molecule has 1 aromatic heterocycles. The van der Waals surface area contributed by atoms with Gasteiger partial charge in [0.05, 0.1) is 0 Å². The van der Waals surface area contributed by atoms with Gasteiger partial charge in [0.1, 0.15) is 10.7 Å². The number of nitrogens with one attached hydrogen (secondary N) is 1. The van der Waals surface area contributed by atoms with Gasteiger partial charge in [0, 0.05) is 38.1 Å². The fourth-order valence-corrected chi connectivity index (χ4v) is 3.82. The van der Waals surface area contributed by atoms with Crippen molar-refractivity contribution < 1.29 is 8.42 Å². The Labute approximate surface area is 136 Å². The van der Waals surface area contributed by atoms with Crippen molar-refractivity contribution in [2.24, 2.45) is 0 Å². The zero-order chi connectivity index (χ0) is 16.3. The highest BCUT2D eigenvalue weighted by molar-refractivity contribution is 7.89. The van der Waals surface area contributed by atoms with E-state index in [0.29, 0.717) is 18.9 Å². The molecule has 1 saturated heterocycles. The van der Waals surface area contributed by atoms with Crippen LogP contribution in [0.15, 0.2) is 53.6 Å². The van der Waals surface area contributed by atoms with Crippen molar-refractivity contribution in [2.75, 3.05) is 38.5 Å². The molecule has 3 rings (SSSR count). The molecule has 1 fully saturated rings. The lowest BCUT2D eigenvalue weighted by atomic mass is 10.3. The highest BCUT2D eigenvalue weighted by atomic mass is 32.2. The minimum atomic E-state index is -3.46. The lowest BCUT2D eigenvalue weighted by Crippen LogP contribution is -2.47. The monoisotopic (exact) mass is 332 g/mol. The quantitative estimate of drug-likeness (QED) is 0.924. The van der Waals surface area contributed by atoms with Crippen LogP contribution in [0.4, 0.5) is 11.5 Å². The fourth-order valence-electron chi connectivity index (χ4n) is 2.45. The van der Waals surface area contributed by atoms with Gasteiger partial charge < -0.3 is 10.2 Å². The number of para-hydroxylation sites is 1. The molecule has 1 N–H and O–H groups in total. The molecule has 2 heterocycles. The predicted octanol–water partition coefficient (Wildman–Crippen LogP) is 1.76. The highest BCUT2D eigenvalue weighted by Gasteiger charge is 2.27. The molecule has 0 amide bonds. The van der Waals surface area contributed by atoms with Crippen molar-refractivity contribution in [1.82, 2.24) is 14.2 Å². The maximum Gasteiger partial charge on any atom is 0.244 e. The van der Waals surface area contributed by atoms with Crippen LogP contribution in [0.25, 0.3) is 0 Å². The van der Waals surface area contributed by atoms with E-state index in [-0.39, 0.29) is 4.90 Å². The first-order valence-electron chi connectivity index (χ1n) is 7.52. The van der Waals surface area contributed by atoms with E-state index in [4.69, 9.17) is 0 Å². The molecule has 7 heteroatoms. The molecule has 0 spiro atoms. The van der Waals surface area contributed by atoms with Gasteiger partial charge in [-0.2, -0.15) is 4.31 Å². The second-order valence-electron chi connectivity index (χ2n) is 5.58. The summed E-state index contributed by atoms with van der Waals surface area (Å²) in [5.74, 6) is 0.619. The molecular formula is C16H20N4O2S. The van der Waals surface area contributed by atoms with E-state index in [1.54, 1.807) is 12.1 Å². The van der Waals surface area contributed by atoms with E-state index in [2.05, 4.69) is 15.2 Å². The van der Waals surface area contributed by atoms with Gasteiger partial charge in [-0.15, -0.1) is 0 Å². The minimum absolute atomic E-state index is 0.237. The summed E-state index contributed by atoms with van der Waals surface area (Å²) in [6.45, 7) is 2.53. The zero-order valence-corrected chi connectivity index (χ0v) is 13.8. The Balaban J connectivity index is 1.73. The number of piperazine rings is 1. The number of sulfonamides is 1. The van der Waals surface area contributed by atoms with Crippen LogP contribution in [0.1, 0.15) is 0 Å². The van der Waals surface area contributed by atoms with Gasteiger partial charge >= 0.3 is 0 Å². The van der Waals surface area contributed by atoms with Gasteiger partial charge in [-0.25, -0.2) is 13.4 Å². The fraction of sp³-hybridized carbons (Fsp3) is 0.312. The third kappa shape index (κ3) is 3.69. The van der Waals surface area contributed by atoms with Gasteiger partial charge in [0.25, 0.3) is 0 Å². The number of nitrogens with zero attached hydrogens (tertiary/aromatic N) is 3. The summed E-state index contributed by atoms with van der Waals surface area (Å²) < 4.78 is 26.7. The Morgan fingerprint density at radius 3 is 2.30 bits per heavy atom. The number of aromatic nitrogens is 1. The summed E-state index contributed by atoms with van der Waals surface area (Å²) in [6.07, 6.45) is 1.42. The summed E-state index contributed by atoms with van der Waals surface area (Å²) in [5.41, 5.74) is 0.912. The van der Waals surface area contributed by atoms with Crippen LogP contribution in [-0.2, 0) is 10.0 Å². The van der Waals surface area contributed by atoms with E-state index in [0.717, 1.165) is 18.8 Å². The van der Waals surface area contributed by atoms with E-state index < -0.39 is 10.0 Å². The Hall–Kier alpha value is -1.96. The maximum absolute atomic E-state index is 12.6. The molecular weight excluding hydrogens is 312 g/mol. The number of likely N-dealkylation sites (N-methyl/N-ethyl adjacent to an activating group) is 1. The van der Waals surface area contributed by atoms with Gasteiger partial charge in [0.2, 0.25) is 10.0 Å². The Morgan fingerprint density at radius 2 is 1.70 bits per heavy atom. The first kappa shape index (κ1) is 15.9. The standard InChI is InChI=1S/C16H20N4O2S/c1-19-9-11-20(12-10-19)23(21,22)15-7-8-16(17-13-15)18-14-5-3-2-4-6-14/h2-8,13H,9-12H2,1H3,(H,17,18). The Kier molecular flexibility index (Phi) is 4.61. The van der Waals surface area contributed by atoms with Gasteiger partial charge in [-0.1, -0.05) is 18.2 Å². The summed E-state index contributed by atoms with van der Waals surface area (Å²) in [4.78, 5) is 6.58. The van der Waals surface area contributed by atoms with E-state index in [1.165, 1.54) is 10.5 Å². The lowest BCUT2D eigenvalue weighted by molar-refractivity contribution is 0.222. The predicted molar refractivity (Wildman–Crippen MR) is 90.2 cm³/mol. The topological polar surface area (TPSA) is 65.5 Å². The number of hydrogen-bond donors (Lipinski definition) is 1. The van der Waals surface area contributed by atoms with Crippen LogP contribution in [0.5, 0.6) is 0 Å². The summed E-state index contributed by atoms with van der Waals surface area (Å²) in [5, 5.41) is 3.14. The lowest BCUT2D eigenvalue weighted by Gasteiger charge is -2.31. The number of hydrogen-bond acceptors (Lipinski definition) is 5. The first-order valence-corrected chi connectivity index (χ1v) is 8.96. The molecule has 0 saturated carbocycles. The van der Waals surface area contributed by atoms with Crippen LogP contribution < -0.4 is 5.32 Å². The molecule has 0 radical (unpaired) electrons. The zero-order valence-electron chi connectivity index (χ0n) is 13.0. The van der Waals surface area contributed by atoms with Crippen LogP contribution in [0.3, 0.4) is 0 Å². The average molecular weight is 332 g/mol. The second-order valence-corrected chi connectivity index (χ2v) is 7.52. The van der Waals surface area contributed by atoms with E-state index in [1.807, 2.05) is 37.4 Å². The number of pyridine rings is 1. The maximum atomic E-state index is 12.6. The molecule has 2 aromatic rings. The van der Waals surface area contributed by atoms with Crippen molar-refractivity contribution in [2.45, 2.75) is 4.90 Å². The molecule has 0 bridgehead atoms. The van der Waals surface area contributed by atoms with E-state index in [9.17, 15) is 8.42 Å². The van der Waals surface area contributed by atoms with Crippen LogP contribution in [0.2, 0.25) is 0 Å². The van der Waals surface area contributed by atoms with Crippen LogP contribution in [0, 0.1) is 0 Å². The third-order valence-corrected chi connectivity index (χ3v) is 5.76. The first-order chi connectivity index (χ1) is 11.1. The van der Waals surface area contributed by atoms with Crippen molar-refractivity contribution in [3.05, 3.63) is 48.7 Å². The van der Waals surface area contributed by atoms with Crippen molar-refractivity contribution >= 4 is 21.5 Å². The van der Waals surface area contributed by atoms with Crippen LogP contribution >= 0.6 is 0 Å². The van der Waals surface area contributed by atoms with Gasteiger partial charge in [0.15, 0.2) is 0 Å². The molecule has 6 nitrogen and oxygen atoms in total. The Bertz CT molecular complexity index is 739. The van der Waals surface area contributed by atoms with Crippen molar-refractivity contribution in [3.63, 3.8) is 0 Å². The van der Waals surface area contributed by atoms with Crippen LogP contribution in [-0.4, -0.2) is 55.8 Å². The molecule has 1 aliphatic rings. The molecule has 122 valence electrons. The molecule has 1 aliphatic heterocycles. The van der Waals surface area contributed by atoms with Crippen molar-refractivity contribution in [3.8, 4) is 0 Å². The molecule has 1 aromatic carbocycles. The van der Waals surface area contributed by atoms with Gasteiger partial charge in [-0.3, -0.25) is 0 Å². The number of anilines is 2. The number of rotatable bonds is 4. The summed E-state index contributed by atoms with van der Waals surface area (Å²) in [7, 11) is -1.46. The molecule has 0 atom stereocenters. The highest BCUT2D eigenvalue weighted by Crippen LogP contribution is 2.19. The molecule has 0 aliphatic carbocycles. The summed E-state index contributed by atoms with van der Waals surface area (Å²) in [6, 6.07) is 12.9. The smallest absolute Gasteiger partial charge is 0.244 e. The summed E-state index contributed by atoms with van der Waals surface area (Å²) >= 11 is 0. The normalized spacial score (nSPS) is 17.1. The molecule has 23 heavy (non-hydrogen) atoms. The third-order valence-electron chi connectivity index (χ3n) is 3.88. The Morgan fingerprint density at radius 1 is 1.00 bits per heavy atom. The number of benzene rings is 1. The minimum Gasteiger partial charge on any atom is -0.340 e. The van der Waals surface area contributed by atoms with Crippen molar-refractivity contribution in [1.29, 1.82) is 0 Å². The second kappa shape index (κ2) is 6.66.